The maximum absolute atomic E-state index is 10.8. The van der Waals surface area contributed by atoms with Gasteiger partial charge in [0.05, 0.1) is 42.3 Å². The molecule has 9 heteroatoms. The molecule has 3 fully saturated rings. The molecular formula is C22H39N3O6. The average molecular weight is 442 g/mol. The van der Waals surface area contributed by atoms with Crippen molar-refractivity contribution in [2.24, 2.45) is 17.0 Å². The van der Waals surface area contributed by atoms with Crippen LogP contribution in [0.2, 0.25) is 0 Å². The van der Waals surface area contributed by atoms with Crippen molar-refractivity contribution in [3.8, 4) is 0 Å². The Hall–Kier alpha value is -0.940. The maximum atomic E-state index is 10.8. The van der Waals surface area contributed by atoms with E-state index in [0.717, 1.165) is 19.3 Å². The summed E-state index contributed by atoms with van der Waals surface area (Å²) in [6, 6.07) is -0.142. The lowest BCUT2D eigenvalue weighted by atomic mass is 9.88. The van der Waals surface area contributed by atoms with Crippen LogP contribution in [0, 0.1) is 16.7 Å². The molecule has 0 aromatic carbocycles. The lowest BCUT2D eigenvalue weighted by Gasteiger charge is -2.26. The Balaban J connectivity index is 1.49. The monoisotopic (exact) mass is 441 g/mol. The highest BCUT2D eigenvalue weighted by Gasteiger charge is 2.43. The third-order valence-corrected chi connectivity index (χ3v) is 7.11. The Bertz CT molecular complexity index is 604. The fraction of sp³-hybridized carbons (Fsp3) is 0.909. The van der Waals surface area contributed by atoms with Gasteiger partial charge in [-0.15, -0.1) is 4.91 Å². The van der Waals surface area contributed by atoms with E-state index in [9.17, 15) is 20.2 Å². The van der Waals surface area contributed by atoms with Crippen molar-refractivity contribution >= 4 is 0 Å². The second-order valence-electron chi connectivity index (χ2n) is 9.35. The number of rotatable bonds is 13. The molecule has 0 amide bonds. The first-order valence-corrected chi connectivity index (χ1v) is 11.7. The summed E-state index contributed by atoms with van der Waals surface area (Å²) in [4.78, 5) is 10.8. The van der Waals surface area contributed by atoms with Crippen molar-refractivity contribution in [3.05, 3.63) is 17.2 Å². The van der Waals surface area contributed by atoms with Crippen molar-refractivity contribution in [2.75, 3.05) is 7.05 Å². The summed E-state index contributed by atoms with van der Waals surface area (Å²) >= 11 is 0. The second-order valence-corrected chi connectivity index (χ2v) is 9.35. The zero-order valence-corrected chi connectivity index (χ0v) is 18.7. The van der Waals surface area contributed by atoms with Crippen molar-refractivity contribution in [1.82, 2.24) is 10.6 Å². The van der Waals surface area contributed by atoms with Gasteiger partial charge in [-0.25, -0.2) is 0 Å². The van der Waals surface area contributed by atoms with Crippen molar-refractivity contribution in [1.29, 1.82) is 0 Å². The van der Waals surface area contributed by atoms with Gasteiger partial charge in [0.2, 0.25) is 0 Å². The summed E-state index contributed by atoms with van der Waals surface area (Å²) < 4.78 is 11.8. The highest BCUT2D eigenvalue weighted by molar-refractivity contribution is 5.03. The van der Waals surface area contributed by atoms with Crippen LogP contribution < -0.4 is 10.6 Å². The number of nitroso groups, excluding NO2 is 1. The SMILES string of the molecule is C=C(N=O)[C@H](CCC(CC1OC(C(O)NC2OC(CC)CC2O)C[C@H]1O)C1CC1)NC. The number of nitrogens with one attached hydrogen (secondary N) is 2. The molecule has 9 atom stereocenters. The minimum Gasteiger partial charge on any atom is -0.390 e. The molecule has 0 aromatic rings. The van der Waals surface area contributed by atoms with Crippen LogP contribution in [0.3, 0.4) is 0 Å². The van der Waals surface area contributed by atoms with Crippen LogP contribution in [0.4, 0.5) is 0 Å². The predicted octanol–water partition coefficient (Wildman–Crippen LogP) is 1.36. The third-order valence-electron chi connectivity index (χ3n) is 7.11. The van der Waals surface area contributed by atoms with E-state index >= 15 is 0 Å². The van der Waals surface area contributed by atoms with E-state index in [4.69, 9.17) is 9.47 Å². The van der Waals surface area contributed by atoms with Gasteiger partial charge in [-0.1, -0.05) is 13.5 Å². The molecule has 2 heterocycles. The molecule has 0 radical (unpaired) electrons. The number of aliphatic hydroxyl groups is 3. The third kappa shape index (κ3) is 6.54. The largest absolute Gasteiger partial charge is 0.390 e. The Morgan fingerprint density at radius 2 is 1.94 bits per heavy atom. The van der Waals surface area contributed by atoms with Gasteiger partial charge in [0.15, 0.2) is 0 Å². The summed E-state index contributed by atoms with van der Waals surface area (Å²) in [7, 11) is 1.80. The highest BCUT2D eigenvalue weighted by atomic mass is 16.5. The average Bonchev–Trinajstić information content (AvgIpc) is 3.45. The molecule has 0 bridgehead atoms. The molecule has 0 aromatic heterocycles. The molecule has 31 heavy (non-hydrogen) atoms. The van der Waals surface area contributed by atoms with E-state index in [-0.39, 0.29) is 18.2 Å². The molecule has 2 aliphatic heterocycles. The standard InChI is InChI=1S/C22H39N3O6/c1-4-15-10-18(27)22(30-15)24-21(28)20-11-17(26)19(31-20)9-14(13-5-6-13)7-8-16(23-3)12(2)25-29/h13-24,26-28H,2,4-11H2,1,3H3/t14?,15?,16-,17+,18?,19?,20?,21?,22?/m0/s1. The van der Waals surface area contributed by atoms with Crippen LogP contribution in [-0.2, 0) is 9.47 Å². The lowest BCUT2D eigenvalue weighted by Crippen LogP contribution is -2.49. The smallest absolute Gasteiger partial charge is 0.136 e. The van der Waals surface area contributed by atoms with E-state index in [1.54, 1.807) is 7.05 Å². The molecule has 0 spiro atoms. The Labute approximate surface area is 184 Å². The van der Waals surface area contributed by atoms with Gasteiger partial charge < -0.3 is 30.1 Å². The fourth-order valence-corrected chi connectivity index (χ4v) is 4.95. The Morgan fingerprint density at radius 3 is 2.52 bits per heavy atom. The molecule has 5 N–H and O–H groups in total. The quantitative estimate of drug-likeness (QED) is 0.214. The van der Waals surface area contributed by atoms with Crippen LogP contribution in [0.15, 0.2) is 17.5 Å². The maximum Gasteiger partial charge on any atom is 0.136 e. The van der Waals surface area contributed by atoms with Crippen molar-refractivity contribution < 1.29 is 24.8 Å². The topological polar surface area (TPSA) is 133 Å². The number of likely N-dealkylation sites (N-methyl/N-ethyl adjacent to an activating group) is 1. The molecule has 3 rings (SSSR count). The number of aliphatic hydroxyl groups excluding tert-OH is 3. The highest BCUT2D eigenvalue weighted by Crippen LogP contribution is 2.43. The van der Waals surface area contributed by atoms with Gasteiger partial charge in [0, 0.05) is 12.8 Å². The first kappa shape index (κ1) is 24.7. The zero-order chi connectivity index (χ0) is 22.5. The number of ether oxygens (including phenoxy) is 2. The van der Waals surface area contributed by atoms with Crippen LogP contribution >= 0.6 is 0 Å². The zero-order valence-electron chi connectivity index (χ0n) is 18.7. The van der Waals surface area contributed by atoms with Crippen LogP contribution in [0.5, 0.6) is 0 Å². The van der Waals surface area contributed by atoms with Gasteiger partial charge in [-0.05, 0) is 62.6 Å². The normalized spacial score (nSPS) is 36.3. The van der Waals surface area contributed by atoms with E-state index in [1.807, 2.05) is 6.92 Å². The number of nitrogens with zero attached hydrogens (tertiary/aromatic N) is 1. The first-order valence-electron chi connectivity index (χ1n) is 11.7. The fourth-order valence-electron chi connectivity index (χ4n) is 4.95. The summed E-state index contributed by atoms with van der Waals surface area (Å²) in [5.41, 5.74) is 0.310. The second kappa shape index (κ2) is 11.3. The van der Waals surface area contributed by atoms with Crippen LogP contribution in [0.1, 0.15) is 58.3 Å². The summed E-state index contributed by atoms with van der Waals surface area (Å²) in [6.07, 6.45) is 2.51. The molecule has 1 saturated carbocycles. The molecule has 178 valence electrons. The summed E-state index contributed by atoms with van der Waals surface area (Å²) in [6.45, 7) is 5.71. The van der Waals surface area contributed by atoms with E-state index < -0.39 is 30.8 Å². The van der Waals surface area contributed by atoms with Gasteiger partial charge in [-0.2, -0.15) is 0 Å². The molecule has 7 unspecified atom stereocenters. The summed E-state index contributed by atoms with van der Waals surface area (Å²) in [5.74, 6) is 0.991. The summed E-state index contributed by atoms with van der Waals surface area (Å²) in [5, 5.41) is 40.3. The van der Waals surface area contributed by atoms with Crippen LogP contribution in [-0.4, -0.2) is 71.4 Å². The molecule has 2 saturated heterocycles. The number of hydrogen-bond donors (Lipinski definition) is 5. The van der Waals surface area contributed by atoms with Crippen LogP contribution in [0.25, 0.3) is 0 Å². The lowest BCUT2D eigenvalue weighted by molar-refractivity contribution is -0.0996. The van der Waals surface area contributed by atoms with Gasteiger partial charge >= 0.3 is 0 Å². The minimum absolute atomic E-state index is 0.0197. The molecule has 9 nitrogen and oxygen atoms in total. The van der Waals surface area contributed by atoms with Crippen molar-refractivity contribution in [2.45, 2.75) is 107 Å². The van der Waals surface area contributed by atoms with Gasteiger partial charge in [0.1, 0.15) is 12.5 Å². The van der Waals surface area contributed by atoms with Gasteiger partial charge in [0.25, 0.3) is 0 Å². The first-order chi connectivity index (χ1) is 14.9. The minimum atomic E-state index is -1.02. The Morgan fingerprint density at radius 1 is 1.19 bits per heavy atom. The Kier molecular flexibility index (Phi) is 8.98. The molecule has 1 aliphatic carbocycles. The van der Waals surface area contributed by atoms with E-state index in [2.05, 4.69) is 22.4 Å². The number of hydrogen-bond acceptors (Lipinski definition) is 9. The van der Waals surface area contributed by atoms with Gasteiger partial charge in [-0.3, -0.25) is 5.32 Å². The van der Waals surface area contributed by atoms with Crippen molar-refractivity contribution in [3.63, 3.8) is 0 Å². The predicted molar refractivity (Wildman–Crippen MR) is 116 cm³/mol. The van der Waals surface area contributed by atoms with E-state index in [1.165, 1.54) is 12.8 Å². The molecular weight excluding hydrogens is 402 g/mol. The van der Waals surface area contributed by atoms with E-state index in [0.29, 0.717) is 36.8 Å². The molecule has 3 aliphatic rings.